The molecule has 84 valence electrons. The first-order chi connectivity index (χ1) is 7.16. The van der Waals surface area contributed by atoms with E-state index in [9.17, 15) is 0 Å². The summed E-state index contributed by atoms with van der Waals surface area (Å²) in [5.74, 6) is 0. The lowest BCUT2D eigenvalue weighted by molar-refractivity contribution is 0.263. The lowest BCUT2D eigenvalue weighted by Crippen LogP contribution is -2.29. The van der Waals surface area contributed by atoms with Crippen LogP contribution in [0.2, 0.25) is 0 Å². The van der Waals surface area contributed by atoms with Crippen molar-refractivity contribution in [2.24, 2.45) is 0 Å². The lowest BCUT2D eigenvalue weighted by Gasteiger charge is -2.25. The van der Waals surface area contributed by atoms with E-state index in [-0.39, 0.29) is 0 Å². The third-order valence-electron chi connectivity index (χ3n) is 2.73. The molecule has 1 N–H and O–H groups in total. The third-order valence-corrected chi connectivity index (χ3v) is 3.45. The molecule has 0 aliphatic heterocycles. The lowest BCUT2D eigenvalue weighted by atomic mass is 10.1. The maximum Gasteiger partial charge on any atom is 0.0328 e. The first kappa shape index (κ1) is 12.7. The molecule has 0 fully saturated rings. The minimum absolute atomic E-state index is 0.439. The van der Waals surface area contributed by atoms with Crippen LogP contribution in [0.5, 0.6) is 0 Å². The molecule has 15 heavy (non-hydrogen) atoms. The summed E-state index contributed by atoms with van der Waals surface area (Å²) in [5, 5.41) is 3.17. The van der Waals surface area contributed by atoms with Crippen molar-refractivity contribution in [1.82, 2.24) is 10.2 Å². The van der Waals surface area contributed by atoms with Gasteiger partial charge >= 0.3 is 0 Å². The molecule has 1 unspecified atom stereocenters. The van der Waals surface area contributed by atoms with Gasteiger partial charge in [0.2, 0.25) is 0 Å². The highest BCUT2D eigenvalue weighted by Crippen LogP contribution is 2.26. The standard InChI is InChI=1S/C12H19BrN2/c1-10(15(3)9-8-14-2)11-6-4-5-7-12(11)13/h4-7,10,14H,8-9H2,1-3H3. The summed E-state index contributed by atoms with van der Waals surface area (Å²) in [6.07, 6.45) is 0. The van der Waals surface area contributed by atoms with Crippen molar-refractivity contribution in [2.75, 3.05) is 27.2 Å². The molecule has 0 aliphatic rings. The third kappa shape index (κ3) is 3.59. The molecule has 0 radical (unpaired) electrons. The van der Waals surface area contributed by atoms with E-state index in [1.165, 1.54) is 10.0 Å². The van der Waals surface area contributed by atoms with E-state index in [4.69, 9.17) is 0 Å². The second kappa shape index (κ2) is 6.26. The molecular weight excluding hydrogens is 252 g/mol. The van der Waals surface area contributed by atoms with Gasteiger partial charge in [-0.2, -0.15) is 0 Å². The number of nitrogens with one attached hydrogen (secondary N) is 1. The average Bonchev–Trinajstić information content (AvgIpc) is 2.25. The quantitative estimate of drug-likeness (QED) is 0.885. The first-order valence-electron chi connectivity index (χ1n) is 5.26. The van der Waals surface area contributed by atoms with Crippen LogP contribution in [0.25, 0.3) is 0 Å². The second-order valence-corrected chi connectivity index (χ2v) is 4.64. The zero-order chi connectivity index (χ0) is 11.3. The van der Waals surface area contributed by atoms with Crippen molar-refractivity contribution < 1.29 is 0 Å². The van der Waals surface area contributed by atoms with Gasteiger partial charge in [0.05, 0.1) is 0 Å². The van der Waals surface area contributed by atoms with Gasteiger partial charge < -0.3 is 5.32 Å². The summed E-state index contributed by atoms with van der Waals surface area (Å²) >= 11 is 3.59. The molecule has 3 heteroatoms. The fraction of sp³-hybridized carbons (Fsp3) is 0.500. The smallest absolute Gasteiger partial charge is 0.0328 e. The molecule has 0 aromatic heterocycles. The van der Waals surface area contributed by atoms with E-state index in [2.05, 4.69) is 58.3 Å². The van der Waals surface area contributed by atoms with E-state index < -0.39 is 0 Å². The van der Waals surface area contributed by atoms with E-state index >= 15 is 0 Å². The predicted octanol–water partition coefficient (Wildman–Crippen LogP) is 2.66. The van der Waals surface area contributed by atoms with Gasteiger partial charge in [0.25, 0.3) is 0 Å². The molecule has 0 spiro atoms. The Morgan fingerprint density at radius 2 is 2.07 bits per heavy atom. The highest BCUT2D eigenvalue weighted by molar-refractivity contribution is 9.10. The van der Waals surface area contributed by atoms with Gasteiger partial charge in [-0.15, -0.1) is 0 Å². The fourth-order valence-electron chi connectivity index (χ4n) is 1.53. The molecule has 0 bridgehead atoms. The Balaban J connectivity index is 2.67. The highest BCUT2D eigenvalue weighted by Gasteiger charge is 2.12. The van der Waals surface area contributed by atoms with Crippen molar-refractivity contribution in [3.8, 4) is 0 Å². The number of nitrogens with zero attached hydrogens (tertiary/aromatic N) is 1. The van der Waals surface area contributed by atoms with E-state index in [1.807, 2.05) is 13.1 Å². The minimum Gasteiger partial charge on any atom is -0.318 e. The molecule has 1 atom stereocenters. The topological polar surface area (TPSA) is 15.3 Å². The molecule has 0 amide bonds. The van der Waals surface area contributed by atoms with Gasteiger partial charge in [0.15, 0.2) is 0 Å². The summed E-state index contributed by atoms with van der Waals surface area (Å²) < 4.78 is 1.19. The van der Waals surface area contributed by atoms with Gasteiger partial charge in [-0.25, -0.2) is 0 Å². The zero-order valence-electron chi connectivity index (χ0n) is 9.63. The molecule has 0 saturated heterocycles. The molecule has 0 heterocycles. The molecule has 1 aromatic rings. The van der Waals surface area contributed by atoms with Crippen LogP contribution in [-0.2, 0) is 0 Å². The summed E-state index contributed by atoms with van der Waals surface area (Å²) in [6.45, 7) is 4.31. The van der Waals surface area contributed by atoms with Crippen LogP contribution in [0.3, 0.4) is 0 Å². The Kier molecular flexibility index (Phi) is 5.29. The maximum atomic E-state index is 3.59. The van der Waals surface area contributed by atoms with Crippen LogP contribution >= 0.6 is 15.9 Å². The highest BCUT2D eigenvalue weighted by atomic mass is 79.9. The SMILES string of the molecule is CNCCN(C)C(C)c1ccccc1Br. The van der Waals surface area contributed by atoms with Crippen molar-refractivity contribution in [3.05, 3.63) is 34.3 Å². The number of likely N-dealkylation sites (N-methyl/N-ethyl adjacent to an activating group) is 2. The Morgan fingerprint density at radius 1 is 1.40 bits per heavy atom. The van der Waals surface area contributed by atoms with E-state index in [0.717, 1.165) is 13.1 Å². The van der Waals surface area contributed by atoms with Crippen LogP contribution in [0.15, 0.2) is 28.7 Å². The van der Waals surface area contributed by atoms with Crippen LogP contribution in [0, 0.1) is 0 Å². The largest absolute Gasteiger partial charge is 0.318 e. The summed E-state index contributed by atoms with van der Waals surface area (Å²) in [5.41, 5.74) is 1.34. The number of hydrogen-bond donors (Lipinski definition) is 1. The average molecular weight is 271 g/mol. The summed E-state index contributed by atoms with van der Waals surface area (Å²) in [7, 11) is 4.14. The van der Waals surface area contributed by atoms with Crippen molar-refractivity contribution >= 4 is 15.9 Å². The number of rotatable bonds is 5. The molecule has 1 rings (SSSR count). The summed E-state index contributed by atoms with van der Waals surface area (Å²) in [6, 6.07) is 8.84. The van der Waals surface area contributed by atoms with Crippen LogP contribution < -0.4 is 5.32 Å². The summed E-state index contributed by atoms with van der Waals surface area (Å²) in [4.78, 5) is 2.34. The van der Waals surface area contributed by atoms with Gasteiger partial charge in [-0.3, -0.25) is 4.90 Å². The molecule has 0 aliphatic carbocycles. The van der Waals surface area contributed by atoms with Crippen molar-refractivity contribution in [1.29, 1.82) is 0 Å². The van der Waals surface area contributed by atoms with Crippen LogP contribution in [0.1, 0.15) is 18.5 Å². The van der Waals surface area contributed by atoms with Gasteiger partial charge in [-0.05, 0) is 32.6 Å². The van der Waals surface area contributed by atoms with Crippen molar-refractivity contribution in [3.63, 3.8) is 0 Å². The Labute approximate surface area is 101 Å². The Bertz CT molecular complexity index is 301. The molecule has 2 nitrogen and oxygen atoms in total. The van der Waals surface area contributed by atoms with E-state index in [0.29, 0.717) is 6.04 Å². The van der Waals surface area contributed by atoms with Crippen molar-refractivity contribution in [2.45, 2.75) is 13.0 Å². The number of hydrogen-bond acceptors (Lipinski definition) is 2. The monoisotopic (exact) mass is 270 g/mol. The predicted molar refractivity (Wildman–Crippen MR) is 69.1 cm³/mol. The van der Waals surface area contributed by atoms with Gasteiger partial charge in [-0.1, -0.05) is 34.1 Å². The number of halogens is 1. The zero-order valence-corrected chi connectivity index (χ0v) is 11.2. The van der Waals surface area contributed by atoms with Gasteiger partial charge in [0.1, 0.15) is 0 Å². The minimum atomic E-state index is 0.439. The number of benzene rings is 1. The molecule has 0 saturated carbocycles. The van der Waals surface area contributed by atoms with E-state index in [1.54, 1.807) is 0 Å². The normalized spacial score (nSPS) is 13.1. The van der Waals surface area contributed by atoms with Crippen LogP contribution in [-0.4, -0.2) is 32.1 Å². The fourth-order valence-corrected chi connectivity index (χ4v) is 2.15. The Hall–Kier alpha value is -0.380. The van der Waals surface area contributed by atoms with Crippen LogP contribution in [0.4, 0.5) is 0 Å². The second-order valence-electron chi connectivity index (χ2n) is 3.78. The van der Waals surface area contributed by atoms with Gasteiger partial charge in [0, 0.05) is 23.6 Å². The maximum absolute atomic E-state index is 3.59. The molecule has 1 aromatic carbocycles. The first-order valence-corrected chi connectivity index (χ1v) is 6.05. The molecular formula is C12H19BrN2. The Morgan fingerprint density at radius 3 is 2.67 bits per heavy atom.